The molecule has 5 nitrogen and oxygen atoms in total. The molecule has 1 aromatic heterocycles. The van der Waals surface area contributed by atoms with Crippen LogP contribution in [0.15, 0.2) is 17.5 Å². The van der Waals surface area contributed by atoms with Crippen LogP contribution in [0.2, 0.25) is 0 Å². The average molecular weight is 298 g/mol. The van der Waals surface area contributed by atoms with Gasteiger partial charge in [0, 0.05) is 4.88 Å². The smallest absolute Gasteiger partial charge is 0.320 e. The van der Waals surface area contributed by atoms with Crippen LogP contribution in [0.25, 0.3) is 0 Å². The van der Waals surface area contributed by atoms with E-state index < -0.39 is 12.0 Å². The molecule has 112 valence electrons. The second-order valence-electron chi connectivity index (χ2n) is 5.23. The Morgan fingerprint density at radius 3 is 2.50 bits per heavy atom. The summed E-state index contributed by atoms with van der Waals surface area (Å²) < 4.78 is 0. The fourth-order valence-electron chi connectivity index (χ4n) is 1.81. The van der Waals surface area contributed by atoms with Crippen molar-refractivity contribution >= 4 is 23.2 Å². The summed E-state index contributed by atoms with van der Waals surface area (Å²) in [5, 5.41) is 13.9. The van der Waals surface area contributed by atoms with E-state index in [0.717, 1.165) is 4.88 Å². The van der Waals surface area contributed by atoms with Crippen LogP contribution in [0.4, 0.5) is 0 Å². The Hall–Kier alpha value is -1.40. The van der Waals surface area contributed by atoms with Crippen molar-refractivity contribution < 1.29 is 14.7 Å². The van der Waals surface area contributed by atoms with Crippen LogP contribution in [0.1, 0.15) is 31.7 Å². The number of nitrogens with zero attached hydrogens (tertiary/aromatic N) is 1. The van der Waals surface area contributed by atoms with Gasteiger partial charge in [0.05, 0.1) is 12.6 Å². The third-order valence-corrected chi connectivity index (χ3v) is 4.20. The molecule has 1 rings (SSSR count). The molecular formula is C14H22N2O3S. The molecule has 0 saturated carbocycles. The highest BCUT2D eigenvalue weighted by Crippen LogP contribution is 2.25. The zero-order valence-electron chi connectivity index (χ0n) is 12.3. The van der Waals surface area contributed by atoms with Crippen LogP contribution in [0, 0.1) is 5.92 Å². The summed E-state index contributed by atoms with van der Waals surface area (Å²) in [5.41, 5.74) is 0. The molecule has 0 radical (unpaired) electrons. The number of hydrogen-bond acceptors (Lipinski definition) is 4. The first-order chi connectivity index (χ1) is 9.32. The standard InChI is InChI=1S/C14H22N2O3S/c1-9(2)13(11-6-5-7-20-11)15-12(17)8-16(4)10(3)14(18)19/h5-7,9-10,13H,8H2,1-4H3,(H,15,17)(H,18,19). The normalized spacial score (nSPS) is 14.3. The molecule has 0 fully saturated rings. The number of thiophene rings is 1. The lowest BCUT2D eigenvalue weighted by Crippen LogP contribution is -2.44. The summed E-state index contributed by atoms with van der Waals surface area (Å²) in [5.74, 6) is -0.813. The predicted octanol–water partition coefficient (Wildman–Crippen LogP) is 1.97. The number of carboxylic acid groups (broad SMARTS) is 1. The number of amides is 1. The fraction of sp³-hybridized carbons (Fsp3) is 0.571. The van der Waals surface area contributed by atoms with Crippen molar-refractivity contribution in [3.63, 3.8) is 0 Å². The molecular weight excluding hydrogens is 276 g/mol. The first-order valence-electron chi connectivity index (χ1n) is 6.58. The molecule has 0 bridgehead atoms. The highest BCUT2D eigenvalue weighted by atomic mass is 32.1. The van der Waals surface area contributed by atoms with Gasteiger partial charge in [0.25, 0.3) is 0 Å². The maximum Gasteiger partial charge on any atom is 0.320 e. The highest BCUT2D eigenvalue weighted by Gasteiger charge is 2.23. The molecule has 0 spiro atoms. The number of carbonyl (C=O) groups excluding carboxylic acids is 1. The molecule has 0 aliphatic heterocycles. The minimum atomic E-state index is -0.932. The van der Waals surface area contributed by atoms with Crippen LogP contribution in [-0.4, -0.2) is 41.5 Å². The largest absolute Gasteiger partial charge is 0.480 e. The summed E-state index contributed by atoms with van der Waals surface area (Å²) in [6.45, 7) is 5.74. The third-order valence-electron chi connectivity index (χ3n) is 3.24. The van der Waals surface area contributed by atoms with Gasteiger partial charge in [-0.3, -0.25) is 14.5 Å². The quantitative estimate of drug-likeness (QED) is 0.807. The molecule has 2 unspecified atom stereocenters. The Bertz CT molecular complexity index is 445. The van der Waals surface area contributed by atoms with Gasteiger partial charge in [-0.15, -0.1) is 11.3 Å². The molecule has 0 aliphatic carbocycles. The molecule has 20 heavy (non-hydrogen) atoms. The van der Waals surface area contributed by atoms with Crippen LogP contribution < -0.4 is 5.32 Å². The molecule has 0 saturated heterocycles. The van der Waals surface area contributed by atoms with Crippen LogP contribution in [0.5, 0.6) is 0 Å². The first kappa shape index (κ1) is 16.7. The molecule has 1 aromatic rings. The number of likely N-dealkylation sites (N-methyl/N-ethyl adjacent to an activating group) is 1. The predicted molar refractivity (Wildman–Crippen MR) is 79.8 cm³/mol. The van der Waals surface area contributed by atoms with E-state index in [9.17, 15) is 9.59 Å². The number of nitrogens with one attached hydrogen (secondary N) is 1. The van der Waals surface area contributed by atoms with Crippen LogP contribution in [0.3, 0.4) is 0 Å². The maximum atomic E-state index is 12.0. The van der Waals surface area contributed by atoms with E-state index in [2.05, 4.69) is 5.32 Å². The minimum Gasteiger partial charge on any atom is -0.480 e. The van der Waals surface area contributed by atoms with Crippen molar-refractivity contribution in [3.05, 3.63) is 22.4 Å². The Labute approximate surface area is 123 Å². The third kappa shape index (κ3) is 4.61. The van der Waals surface area contributed by atoms with Gasteiger partial charge in [-0.25, -0.2) is 0 Å². The zero-order valence-corrected chi connectivity index (χ0v) is 13.1. The van der Waals surface area contributed by atoms with Gasteiger partial charge in [-0.2, -0.15) is 0 Å². The number of carbonyl (C=O) groups is 2. The van der Waals surface area contributed by atoms with Crippen LogP contribution >= 0.6 is 11.3 Å². The second-order valence-corrected chi connectivity index (χ2v) is 6.21. The first-order valence-corrected chi connectivity index (χ1v) is 7.46. The summed E-state index contributed by atoms with van der Waals surface area (Å²) in [7, 11) is 1.63. The Balaban J connectivity index is 2.62. The molecule has 0 aromatic carbocycles. The van der Waals surface area contributed by atoms with Crippen molar-refractivity contribution in [2.75, 3.05) is 13.6 Å². The van der Waals surface area contributed by atoms with Crippen molar-refractivity contribution in [1.29, 1.82) is 0 Å². The summed E-state index contributed by atoms with van der Waals surface area (Å²) in [6.07, 6.45) is 0. The summed E-state index contributed by atoms with van der Waals surface area (Å²) >= 11 is 1.61. The van der Waals surface area contributed by atoms with Crippen molar-refractivity contribution in [2.45, 2.75) is 32.9 Å². The van der Waals surface area contributed by atoms with E-state index in [1.807, 2.05) is 31.4 Å². The molecule has 2 atom stereocenters. The lowest BCUT2D eigenvalue weighted by Gasteiger charge is -2.25. The number of carboxylic acids is 1. The van der Waals surface area contributed by atoms with Crippen molar-refractivity contribution in [3.8, 4) is 0 Å². The van der Waals surface area contributed by atoms with Gasteiger partial charge in [-0.05, 0) is 31.3 Å². The molecule has 0 aliphatic rings. The topological polar surface area (TPSA) is 69.6 Å². The Kier molecular flexibility index (Phi) is 6.16. The zero-order chi connectivity index (χ0) is 15.3. The molecule has 6 heteroatoms. The van der Waals surface area contributed by atoms with Gasteiger partial charge in [0.2, 0.25) is 5.91 Å². The second kappa shape index (κ2) is 7.40. The number of aliphatic carboxylic acids is 1. The van der Waals surface area contributed by atoms with Gasteiger partial charge in [-0.1, -0.05) is 19.9 Å². The average Bonchev–Trinajstić information content (AvgIpc) is 2.87. The van der Waals surface area contributed by atoms with Crippen molar-refractivity contribution in [2.24, 2.45) is 5.92 Å². The van der Waals surface area contributed by atoms with E-state index in [0.29, 0.717) is 0 Å². The van der Waals surface area contributed by atoms with Crippen LogP contribution in [-0.2, 0) is 9.59 Å². The molecule has 1 amide bonds. The van der Waals surface area contributed by atoms with E-state index in [4.69, 9.17) is 5.11 Å². The molecule has 1 heterocycles. The monoisotopic (exact) mass is 298 g/mol. The van der Waals surface area contributed by atoms with Gasteiger partial charge in [0.15, 0.2) is 0 Å². The van der Waals surface area contributed by atoms with Gasteiger partial charge >= 0.3 is 5.97 Å². The van der Waals surface area contributed by atoms with E-state index in [1.54, 1.807) is 25.3 Å². The van der Waals surface area contributed by atoms with Gasteiger partial charge in [0.1, 0.15) is 6.04 Å². The summed E-state index contributed by atoms with van der Waals surface area (Å²) in [6, 6.07) is 3.25. The molecule has 2 N–H and O–H groups in total. The SMILES string of the molecule is CC(C)C(NC(=O)CN(C)C(C)C(=O)O)c1cccs1. The number of hydrogen-bond donors (Lipinski definition) is 2. The Morgan fingerprint density at radius 2 is 2.05 bits per heavy atom. The maximum absolute atomic E-state index is 12.0. The lowest BCUT2D eigenvalue weighted by atomic mass is 10.0. The highest BCUT2D eigenvalue weighted by molar-refractivity contribution is 7.10. The lowest BCUT2D eigenvalue weighted by molar-refractivity contribution is -0.142. The summed E-state index contributed by atoms with van der Waals surface area (Å²) in [4.78, 5) is 25.5. The van der Waals surface area contributed by atoms with E-state index >= 15 is 0 Å². The van der Waals surface area contributed by atoms with Crippen molar-refractivity contribution in [1.82, 2.24) is 10.2 Å². The fourth-order valence-corrected chi connectivity index (χ4v) is 2.75. The Morgan fingerprint density at radius 1 is 1.40 bits per heavy atom. The van der Waals surface area contributed by atoms with Gasteiger partial charge < -0.3 is 10.4 Å². The van der Waals surface area contributed by atoms with E-state index in [-0.39, 0.29) is 24.4 Å². The number of rotatable bonds is 7. The van der Waals surface area contributed by atoms with E-state index in [1.165, 1.54) is 4.90 Å². The minimum absolute atomic E-state index is 0.0314.